The third-order valence-corrected chi connectivity index (χ3v) is 4.48. The average Bonchev–Trinajstić information content (AvgIpc) is 2.56. The molecule has 1 saturated carbocycles. The largest absolute Gasteiger partial charge is 0.465 e. The van der Waals surface area contributed by atoms with E-state index in [1.807, 2.05) is 0 Å². The summed E-state index contributed by atoms with van der Waals surface area (Å²) in [5.41, 5.74) is 0. The zero-order valence-corrected chi connectivity index (χ0v) is 14.9. The van der Waals surface area contributed by atoms with E-state index in [0.717, 1.165) is 44.9 Å². The maximum Gasteiger partial charge on any atom is 0.407 e. The van der Waals surface area contributed by atoms with Gasteiger partial charge in [0.25, 0.3) is 0 Å². The smallest absolute Gasteiger partial charge is 0.407 e. The minimum atomic E-state index is -0.939. The van der Waals surface area contributed by atoms with Crippen LogP contribution in [0.15, 0.2) is 0 Å². The van der Waals surface area contributed by atoms with Gasteiger partial charge in [-0.2, -0.15) is 0 Å². The van der Waals surface area contributed by atoms with Gasteiger partial charge in [0.2, 0.25) is 0 Å². The molecule has 3 N–H and O–H groups in total. The normalized spacial score (nSPS) is 15.0. The minimum absolute atomic E-state index is 0.129. The van der Waals surface area contributed by atoms with Gasteiger partial charge < -0.3 is 20.5 Å². The van der Waals surface area contributed by atoms with Crippen LogP contribution in [0.1, 0.15) is 83.5 Å². The summed E-state index contributed by atoms with van der Waals surface area (Å²) >= 11 is 0. The number of alkyl carbamates (subject to hydrolysis) is 1. The first-order chi connectivity index (χ1) is 11.7. The lowest BCUT2D eigenvalue weighted by atomic mass is 9.98. The molecule has 24 heavy (non-hydrogen) atoms. The van der Waals surface area contributed by atoms with Gasteiger partial charge in [-0.05, 0) is 38.5 Å². The zero-order valence-electron chi connectivity index (χ0n) is 14.9. The molecule has 0 aromatic rings. The molecule has 6 nitrogen and oxygen atoms in total. The number of carbonyl (C=O) groups is 2. The number of ether oxygens (including phenoxy) is 1. The Morgan fingerprint density at radius 2 is 1.29 bits per heavy atom. The van der Waals surface area contributed by atoms with Gasteiger partial charge in [0.05, 0.1) is 0 Å². The third kappa shape index (κ3) is 12.0. The topological polar surface area (TPSA) is 87.7 Å². The molecule has 1 rings (SSSR count). The van der Waals surface area contributed by atoms with E-state index >= 15 is 0 Å². The van der Waals surface area contributed by atoms with Crippen LogP contribution < -0.4 is 10.6 Å². The second-order valence-electron chi connectivity index (χ2n) is 6.65. The van der Waals surface area contributed by atoms with Crippen molar-refractivity contribution in [1.82, 2.24) is 10.6 Å². The molecule has 0 bridgehead atoms. The fraction of sp³-hybridized carbons (Fsp3) is 0.889. The molecule has 0 unspecified atom stereocenters. The van der Waals surface area contributed by atoms with Crippen LogP contribution in [0.3, 0.4) is 0 Å². The average molecular weight is 342 g/mol. The van der Waals surface area contributed by atoms with Crippen LogP contribution in [0.5, 0.6) is 0 Å². The lowest BCUT2D eigenvalue weighted by molar-refractivity contribution is 0.0753. The predicted octanol–water partition coefficient (Wildman–Crippen LogP) is 4.43. The Hall–Kier alpha value is -1.46. The third-order valence-electron chi connectivity index (χ3n) is 4.48. The number of amides is 2. The first-order valence-corrected chi connectivity index (χ1v) is 9.60. The maximum absolute atomic E-state index is 11.6. The molecule has 0 aliphatic heterocycles. The Balaban J connectivity index is 1.78. The molecule has 0 spiro atoms. The van der Waals surface area contributed by atoms with E-state index in [1.54, 1.807) is 0 Å². The van der Waals surface area contributed by atoms with E-state index in [1.165, 1.54) is 38.5 Å². The SMILES string of the molecule is O=C(O)NCCCCCCCCCCNC(=O)OC1CCCCC1. The summed E-state index contributed by atoms with van der Waals surface area (Å²) in [6.07, 6.45) is 13.5. The van der Waals surface area contributed by atoms with Gasteiger partial charge in [-0.3, -0.25) is 0 Å². The summed E-state index contributed by atoms with van der Waals surface area (Å²) in [6.45, 7) is 1.25. The monoisotopic (exact) mass is 342 g/mol. The molecular formula is C18H34N2O4. The lowest BCUT2D eigenvalue weighted by Crippen LogP contribution is -2.30. The molecule has 1 fully saturated rings. The van der Waals surface area contributed by atoms with E-state index in [0.29, 0.717) is 13.1 Å². The van der Waals surface area contributed by atoms with Gasteiger partial charge in [-0.25, -0.2) is 9.59 Å². The van der Waals surface area contributed by atoms with Crippen molar-refractivity contribution in [3.05, 3.63) is 0 Å². The molecule has 0 heterocycles. The van der Waals surface area contributed by atoms with Crippen LogP contribution >= 0.6 is 0 Å². The summed E-state index contributed by atoms with van der Waals surface area (Å²) < 4.78 is 5.41. The number of unbranched alkanes of at least 4 members (excludes halogenated alkanes) is 7. The standard InChI is InChI=1S/C18H34N2O4/c21-17(22)19-14-10-5-3-1-2-4-6-11-15-20-18(23)24-16-12-8-7-9-13-16/h16,19H,1-15H2,(H,20,23)(H,21,22). The molecule has 140 valence electrons. The van der Waals surface area contributed by atoms with Gasteiger partial charge in [0, 0.05) is 13.1 Å². The number of carboxylic acid groups (broad SMARTS) is 1. The van der Waals surface area contributed by atoms with Crippen molar-refractivity contribution in [2.75, 3.05) is 13.1 Å². The molecule has 2 amide bonds. The van der Waals surface area contributed by atoms with Crippen molar-refractivity contribution in [3.63, 3.8) is 0 Å². The molecule has 0 aromatic carbocycles. The highest BCUT2D eigenvalue weighted by atomic mass is 16.6. The van der Waals surface area contributed by atoms with Crippen molar-refractivity contribution in [2.45, 2.75) is 89.6 Å². The van der Waals surface area contributed by atoms with Crippen LogP contribution in [0, 0.1) is 0 Å². The fourth-order valence-corrected chi connectivity index (χ4v) is 3.07. The van der Waals surface area contributed by atoms with Gasteiger partial charge in [0.1, 0.15) is 6.10 Å². The molecule has 1 aliphatic rings. The number of nitrogens with one attached hydrogen (secondary N) is 2. The number of hydrogen-bond donors (Lipinski definition) is 3. The van der Waals surface area contributed by atoms with E-state index < -0.39 is 6.09 Å². The van der Waals surface area contributed by atoms with Crippen molar-refractivity contribution < 1.29 is 19.4 Å². The first kappa shape index (κ1) is 20.6. The first-order valence-electron chi connectivity index (χ1n) is 9.60. The van der Waals surface area contributed by atoms with E-state index in [-0.39, 0.29) is 12.2 Å². The Labute approximate surface area is 145 Å². The Morgan fingerprint density at radius 1 is 0.792 bits per heavy atom. The van der Waals surface area contributed by atoms with Crippen molar-refractivity contribution in [3.8, 4) is 0 Å². The van der Waals surface area contributed by atoms with E-state index in [9.17, 15) is 9.59 Å². The number of carbonyl (C=O) groups excluding carboxylic acids is 1. The van der Waals surface area contributed by atoms with Gasteiger partial charge in [0.15, 0.2) is 0 Å². The van der Waals surface area contributed by atoms with Gasteiger partial charge in [-0.1, -0.05) is 44.9 Å². The fourth-order valence-electron chi connectivity index (χ4n) is 3.07. The zero-order chi connectivity index (χ0) is 17.5. The molecule has 6 heteroatoms. The highest BCUT2D eigenvalue weighted by Crippen LogP contribution is 2.20. The Bertz CT molecular complexity index is 344. The number of rotatable bonds is 12. The molecule has 1 aliphatic carbocycles. The summed E-state index contributed by atoms with van der Waals surface area (Å²) in [6, 6.07) is 0. The summed E-state index contributed by atoms with van der Waals surface area (Å²) in [4.78, 5) is 21.9. The van der Waals surface area contributed by atoms with Crippen LogP contribution in [0.4, 0.5) is 9.59 Å². The van der Waals surface area contributed by atoms with Crippen LogP contribution in [0.25, 0.3) is 0 Å². The predicted molar refractivity (Wildman–Crippen MR) is 94.3 cm³/mol. The van der Waals surface area contributed by atoms with E-state index in [4.69, 9.17) is 9.84 Å². The lowest BCUT2D eigenvalue weighted by Gasteiger charge is -2.21. The second-order valence-corrected chi connectivity index (χ2v) is 6.65. The molecule has 0 aromatic heterocycles. The van der Waals surface area contributed by atoms with Crippen molar-refractivity contribution in [2.24, 2.45) is 0 Å². The second kappa shape index (κ2) is 13.9. The maximum atomic E-state index is 11.6. The minimum Gasteiger partial charge on any atom is -0.465 e. The molecule has 0 saturated heterocycles. The van der Waals surface area contributed by atoms with Gasteiger partial charge >= 0.3 is 12.2 Å². The van der Waals surface area contributed by atoms with Crippen LogP contribution in [-0.4, -0.2) is 36.5 Å². The highest BCUT2D eigenvalue weighted by Gasteiger charge is 2.16. The summed E-state index contributed by atoms with van der Waals surface area (Å²) in [7, 11) is 0. The molecule has 0 radical (unpaired) electrons. The van der Waals surface area contributed by atoms with Gasteiger partial charge in [-0.15, -0.1) is 0 Å². The Morgan fingerprint density at radius 3 is 1.83 bits per heavy atom. The van der Waals surface area contributed by atoms with Crippen LogP contribution in [-0.2, 0) is 4.74 Å². The summed E-state index contributed by atoms with van der Waals surface area (Å²) in [5.74, 6) is 0. The molecule has 0 atom stereocenters. The van der Waals surface area contributed by atoms with Crippen LogP contribution in [0.2, 0.25) is 0 Å². The number of hydrogen-bond acceptors (Lipinski definition) is 3. The highest BCUT2D eigenvalue weighted by molar-refractivity contribution is 5.67. The van der Waals surface area contributed by atoms with E-state index in [2.05, 4.69) is 10.6 Å². The Kier molecular flexibility index (Phi) is 11.9. The van der Waals surface area contributed by atoms with Crippen molar-refractivity contribution in [1.29, 1.82) is 0 Å². The van der Waals surface area contributed by atoms with Crippen molar-refractivity contribution >= 4 is 12.2 Å². The molecular weight excluding hydrogens is 308 g/mol. The quantitative estimate of drug-likeness (QED) is 0.458. The summed E-state index contributed by atoms with van der Waals surface area (Å²) in [5, 5.41) is 13.7.